The van der Waals surface area contributed by atoms with Crippen LogP contribution in [0.2, 0.25) is 0 Å². The third-order valence-corrected chi connectivity index (χ3v) is 5.20. The van der Waals surface area contributed by atoms with Crippen molar-refractivity contribution in [2.75, 3.05) is 18.5 Å². The van der Waals surface area contributed by atoms with Gasteiger partial charge in [-0.05, 0) is 62.6 Å². The van der Waals surface area contributed by atoms with E-state index in [2.05, 4.69) is 5.32 Å². The van der Waals surface area contributed by atoms with Crippen LogP contribution in [-0.2, 0) is 9.59 Å². The van der Waals surface area contributed by atoms with E-state index in [-0.39, 0.29) is 11.8 Å². The van der Waals surface area contributed by atoms with Crippen molar-refractivity contribution in [3.8, 4) is 5.75 Å². The lowest BCUT2D eigenvalue weighted by molar-refractivity contribution is -0.139. The second-order valence-electron chi connectivity index (χ2n) is 7.31. The summed E-state index contributed by atoms with van der Waals surface area (Å²) in [6.45, 7) is 3.68. The van der Waals surface area contributed by atoms with E-state index in [0.29, 0.717) is 30.0 Å². The zero-order valence-electron chi connectivity index (χ0n) is 16.5. The van der Waals surface area contributed by atoms with Crippen molar-refractivity contribution < 1.29 is 24.2 Å². The number of carbonyl (C=O) groups is 3. The van der Waals surface area contributed by atoms with Gasteiger partial charge >= 0.3 is 5.97 Å². The maximum Gasteiger partial charge on any atom is 0.341 e. The van der Waals surface area contributed by atoms with E-state index in [9.17, 15) is 14.4 Å². The lowest BCUT2D eigenvalue weighted by atomic mass is 9.96. The van der Waals surface area contributed by atoms with Crippen molar-refractivity contribution in [2.45, 2.75) is 32.2 Å². The fourth-order valence-electron chi connectivity index (χ4n) is 3.53. The first-order valence-corrected chi connectivity index (χ1v) is 9.45. The fourth-order valence-corrected chi connectivity index (χ4v) is 3.53. The molecule has 1 saturated heterocycles. The van der Waals surface area contributed by atoms with Crippen molar-refractivity contribution in [1.82, 2.24) is 4.90 Å². The van der Waals surface area contributed by atoms with Crippen molar-refractivity contribution in [3.05, 3.63) is 59.7 Å². The van der Waals surface area contributed by atoms with E-state index in [1.807, 2.05) is 6.07 Å². The van der Waals surface area contributed by atoms with Gasteiger partial charge in [-0.15, -0.1) is 0 Å². The number of carboxylic acids is 1. The summed E-state index contributed by atoms with van der Waals surface area (Å²) < 4.78 is 5.16. The Morgan fingerprint density at radius 3 is 2.55 bits per heavy atom. The summed E-state index contributed by atoms with van der Waals surface area (Å²) in [4.78, 5) is 38.3. The molecule has 2 amide bonds. The predicted octanol–water partition coefficient (Wildman–Crippen LogP) is 3.09. The number of nitrogens with one attached hydrogen (secondary N) is 1. The third-order valence-electron chi connectivity index (χ3n) is 5.20. The second kappa shape index (κ2) is 8.34. The Bertz CT molecular complexity index is 928. The summed E-state index contributed by atoms with van der Waals surface area (Å²) in [7, 11) is 0. The fraction of sp³-hybridized carbons (Fsp3) is 0.318. The number of ether oxygens (including phenoxy) is 1. The summed E-state index contributed by atoms with van der Waals surface area (Å²) in [5, 5.41) is 11.6. The summed E-state index contributed by atoms with van der Waals surface area (Å²) in [5.41, 5.74) is 0.948. The van der Waals surface area contributed by atoms with Crippen LogP contribution >= 0.6 is 0 Å². The summed E-state index contributed by atoms with van der Waals surface area (Å²) >= 11 is 0. The molecule has 0 radical (unpaired) electrons. The van der Waals surface area contributed by atoms with Crippen LogP contribution in [0.1, 0.15) is 35.7 Å². The number of hydrogen-bond acceptors (Lipinski definition) is 4. The second-order valence-corrected chi connectivity index (χ2v) is 7.31. The maximum absolute atomic E-state index is 13.1. The summed E-state index contributed by atoms with van der Waals surface area (Å²) in [5.74, 6) is -1.05. The number of likely N-dealkylation sites (tertiary alicyclic amines) is 1. The minimum Gasteiger partial charge on any atom is -0.482 e. The maximum atomic E-state index is 13.1. The third kappa shape index (κ3) is 4.39. The molecular formula is C22H24N2O5. The molecule has 2 aromatic rings. The molecule has 0 spiro atoms. The van der Waals surface area contributed by atoms with Crippen molar-refractivity contribution in [3.63, 3.8) is 0 Å². The highest BCUT2D eigenvalue weighted by molar-refractivity contribution is 6.04. The summed E-state index contributed by atoms with van der Waals surface area (Å²) in [6, 6.07) is 13.9. The Hall–Kier alpha value is -3.35. The monoisotopic (exact) mass is 396 g/mol. The van der Waals surface area contributed by atoms with E-state index in [1.54, 1.807) is 61.2 Å². The lowest BCUT2D eigenvalue weighted by Crippen LogP contribution is -2.53. The Morgan fingerprint density at radius 2 is 1.90 bits per heavy atom. The van der Waals surface area contributed by atoms with Gasteiger partial charge in [0, 0.05) is 17.8 Å². The van der Waals surface area contributed by atoms with E-state index < -0.39 is 18.1 Å². The van der Waals surface area contributed by atoms with Gasteiger partial charge in [0.05, 0.1) is 0 Å². The van der Waals surface area contributed by atoms with Gasteiger partial charge < -0.3 is 20.1 Å². The Morgan fingerprint density at radius 1 is 1.17 bits per heavy atom. The highest BCUT2D eigenvalue weighted by atomic mass is 16.5. The SMILES string of the molecule is Cc1cc(OCC(=O)O)ccc1NC(=O)C1(C)CCCN1C(=O)c1ccccc1. The van der Waals surface area contributed by atoms with Gasteiger partial charge in [0.15, 0.2) is 6.61 Å². The average Bonchev–Trinajstić information content (AvgIpc) is 3.11. The van der Waals surface area contributed by atoms with Gasteiger partial charge in [-0.3, -0.25) is 9.59 Å². The van der Waals surface area contributed by atoms with E-state index >= 15 is 0 Å². The van der Waals surface area contributed by atoms with Crippen molar-refractivity contribution >= 4 is 23.5 Å². The average molecular weight is 396 g/mol. The first kappa shape index (κ1) is 20.4. The summed E-state index contributed by atoms with van der Waals surface area (Å²) in [6.07, 6.45) is 1.33. The number of nitrogens with zero attached hydrogens (tertiary/aromatic N) is 1. The molecule has 1 aliphatic rings. The Balaban J connectivity index is 1.75. The van der Waals surface area contributed by atoms with Crippen molar-refractivity contribution in [2.24, 2.45) is 0 Å². The van der Waals surface area contributed by atoms with Gasteiger partial charge in [-0.2, -0.15) is 0 Å². The van der Waals surface area contributed by atoms with Crippen LogP contribution in [0.5, 0.6) is 5.75 Å². The molecule has 1 heterocycles. The molecule has 7 nitrogen and oxygen atoms in total. The number of carboxylic acid groups (broad SMARTS) is 1. The predicted molar refractivity (Wildman–Crippen MR) is 108 cm³/mol. The zero-order valence-corrected chi connectivity index (χ0v) is 16.5. The van der Waals surface area contributed by atoms with Crippen LogP contribution in [-0.4, -0.2) is 46.5 Å². The molecule has 0 bridgehead atoms. The normalized spacial score (nSPS) is 18.3. The number of aliphatic carboxylic acids is 1. The standard InChI is InChI=1S/C22H24N2O5/c1-15-13-17(29-14-19(25)26)9-10-18(15)23-21(28)22(2)11-6-12-24(22)20(27)16-7-4-3-5-8-16/h3-5,7-10,13H,6,11-12,14H2,1-2H3,(H,23,28)(H,25,26). The number of benzene rings is 2. The van der Waals surface area contributed by atoms with Crippen LogP contribution in [0.25, 0.3) is 0 Å². The number of hydrogen-bond donors (Lipinski definition) is 2. The van der Waals surface area contributed by atoms with Crippen LogP contribution in [0.15, 0.2) is 48.5 Å². The molecule has 1 unspecified atom stereocenters. The highest BCUT2D eigenvalue weighted by Gasteiger charge is 2.46. The van der Waals surface area contributed by atoms with E-state index in [0.717, 1.165) is 12.0 Å². The first-order chi connectivity index (χ1) is 13.8. The number of amides is 2. The molecule has 1 atom stereocenters. The molecule has 1 aliphatic heterocycles. The molecule has 0 aliphatic carbocycles. The molecule has 29 heavy (non-hydrogen) atoms. The quantitative estimate of drug-likeness (QED) is 0.782. The number of aryl methyl sites for hydroxylation is 1. The van der Waals surface area contributed by atoms with E-state index in [4.69, 9.17) is 9.84 Å². The minimum atomic E-state index is -1.06. The molecule has 0 aromatic heterocycles. The number of anilines is 1. The Labute approximate surface area is 169 Å². The van der Waals surface area contributed by atoms with Crippen LogP contribution < -0.4 is 10.1 Å². The number of carbonyl (C=O) groups excluding carboxylic acids is 2. The topological polar surface area (TPSA) is 95.9 Å². The molecule has 2 N–H and O–H groups in total. The van der Waals surface area contributed by atoms with E-state index in [1.165, 1.54) is 0 Å². The molecule has 152 valence electrons. The van der Waals surface area contributed by atoms with Gasteiger partial charge in [0.25, 0.3) is 5.91 Å². The molecule has 1 fully saturated rings. The number of rotatable bonds is 6. The molecule has 0 saturated carbocycles. The van der Waals surface area contributed by atoms with Gasteiger partial charge in [0.1, 0.15) is 11.3 Å². The molecule has 2 aromatic carbocycles. The highest BCUT2D eigenvalue weighted by Crippen LogP contribution is 2.32. The van der Waals surface area contributed by atoms with Crippen LogP contribution in [0.4, 0.5) is 5.69 Å². The van der Waals surface area contributed by atoms with Gasteiger partial charge in [-0.25, -0.2) is 4.79 Å². The van der Waals surface area contributed by atoms with Crippen LogP contribution in [0, 0.1) is 6.92 Å². The lowest BCUT2D eigenvalue weighted by Gasteiger charge is -2.34. The zero-order chi connectivity index (χ0) is 21.0. The van der Waals surface area contributed by atoms with Gasteiger partial charge in [-0.1, -0.05) is 18.2 Å². The largest absolute Gasteiger partial charge is 0.482 e. The Kier molecular flexibility index (Phi) is 5.87. The smallest absolute Gasteiger partial charge is 0.341 e. The molecule has 7 heteroatoms. The minimum absolute atomic E-state index is 0.158. The molecular weight excluding hydrogens is 372 g/mol. The van der Waals surface area contributed by atoms with Crippen LogP contribution in [0.3, 0.4) is 0 Å². The first-order valence-electron chi connectivity index (χ1n) is 9.45. The molecule has 3 rings (SSSR count). The van der Waals surface area contributed by atoms with Gasteiger partial charge in [0.2, 0.25) is 5.91 Å². The van der Waals surface area contributed by atoms with Crippen molar-refractivity contribution in [1.29, 1.82) is 0 Å².